The molecule has 0 unspecified atom stereocenters. The molecule has 0 aliphatic heterocycles. The van der Waals surface area contributed by atoms with E-state index in [1.54, 1.807) is 0 Å². The van der Waals surface area contributed by atoms with Crippen LogP contribution in [0.2, 0.25) is 0 Å². The molecule has 1 rings (SSSR count). The molecule has 0 fully saturated rings. The van der Waals surface area contributed by atoms with E-state index in [9.17, 15) is 9.18 Å². The molecule has 0 spiro atoms. The Hall–Kier alpha value is -1.42. The second-order valence-corrected chi connectivity index (χ2v) is 2.64. The third kappa shape index (κ3) is 2.26. The summed E-state index contributed by atoms with van der Waals surface area (Å²) in [5, 5.41) is 8.56. The molecule has 4 heteroatoms. The molecular weight excluding hydrogens is 173 g/mol. The molecule has 1 aromatic carbocycles. The molecule has 0 saturated carbocycles. The first-order valence-electron chi connectivity index (χ1n) is 3.84. The van der Waals surface area contributed by atoms with Crippen molar-refractivity contribution in [3.63, 3.8) is 0 Å². The Morgan fingerprint density at radius 1 is 1.54 bits per heavy atom. The fourth-order valence-corrected chi connectivity index (χ4v) is 1.02. The highest BCUT2D eigenvalue weighted by Gasteiger charge is 2.05. The highest BCUT2D eigenvalue weighted by molar-refractivity contribution is 5.92. The van der Waals surface area contributed by atoms with Gasteiger partial charge in [0.05, 0.1) is 0 Å². The minimum Gasteiger partial charge on any atom is -0.396 e. The molecule has 0 aliphatic carbocycles. The van der Waals surface area contributed by atoms with Crippen molar-refractivity contribution in [2.45, 2.75) is 6.42 Å². The summed E-state index contributed by atoms with van der Waals surface area (Å²) >= 11 is 0. The Morgan fingerprint density at radius 2 is 2.23 bits per heavy atom. The van der Waals surface area contributed by atoms with Gasteiger partial charge < -0.3 is 10.8 Å². The van der Waals surface area contributed by atoms with Gasteiger partial charge in [-0.25, -0.2) is 4.39 Å². The van der Waals surface area contributed by atoms with Crippen LogP contribution in [0.5, 0.6) is 0 Å². The smallest absolute Gasteiger partial charge is 0.248 e. The first-order chi connectivity index (χ1) is 6.15. The van der Waals surface area contributed by atoms with Gasteiger partial charge in [-0.2, -0.15) is 0 Å². The van der Waals surface area contributed by atoms with Crippen molar-refractivity contribution in [1.82, 2.24) is 0 Å². The van der Waals surface area contributed by atoms with E-state index in [0.29, 0.717) is 5.56 Å². The van der Waals surface area contributed by atoms with E-state index in [1.165, 1.54) is 12.1 Å². The van der Waals surface area contributed by atoms with Gasteiger partial charge in [0.15, 0.2) is 0 Å². The average molecular weight is 183 g/mol. The number of rotatable bonds is 3. The molecule has 13 heavy (non-hydrogen) atoms. The maximum absolute atomic E-state index is 13.1. The first-order valence-corrected chi connectivity index (χ1v) is 3.84. The summed E-state index contributed by atoms with van der Waals surface area (Å²) in [6.45, 7) is -0.118. The molecule has 1 aromatic rings. The minimum absolute atomic E-state index is 0.118. The summed E-state index contributed by atoms with van der Waals surface area (Å²) in [5.41, 5.74) is 5.47. The lowest BCUT2D eigenvalue weighted by molar-refractivity contribution is 0.1000. The average Bonchev–Trinajstić information content (AvgIpc) is 2.08. The third-order valence-corrected chi connectivity index (χ3v) is 1.72. The maximum Gasteiger partial charge on any atom is 0.248 e. The van der Waals surface area contributed by atoms with E-state index in [4.69, 9.17) is 10.8 Å². The van der Waals surface area contributed by atoms with Crippen molar-refractivity contribution in [1.29, 1.82) is 0 Å². The predicted octanol–water partition coefficient (Wildman–Crippen LogP) is 0.459. The van der Waals surface area contributed by atoms with E-state index < -0.39 is 11.7 Å². The molecular formula is C9H10FNO2. The van der Waals surface area contributed by atoms with Crippen molar-refractivity contribution < 1.29 is 14.3 Å². The van der Waals surface area contributed by atoms with Gasteiger partial charge in [0.2, 0.25) is 5.91 Å². The molecule has 70 valence electrons. The van der Waals surface area contributed by atoms with Gasteiger partial charge in [0.1, 0.15) is 5.82 Å². The lowest BCUT2D eigenvalue weighted by Gasteiger charge is -2.01. The molecule has 0 bridgehead atoms. The number of amides is 1. The molecule has 0 aromatic heterocycles. The molecule has 0 saturated heterocycles. The first kappa shape index (κ1) is 9.67. The Morgan fingerprint density at radius 3 is 2.69 bits per heavy atom. The Kier molecular flexibility index (Phi) is 2.97. The van der Waals surface area contributed by atoms with Crippen molar-refractivity contribution in [2.75, 3.05) is 6.61 Å². The molecule has 3 N–H and O–H groups in total. The van der Waals surface area contributed by atoms with Crippen molar-refractivity contribution in [3.05, 3.63) is 35.1 Å². The number of halogens is 1. The summed E-state index contributed by atoms with van der Waals surface area (Å²) in [5.74, 6) is -1.17. The number of carbonyl (C=O) groups is 1. The zero-order valence-corrected chi connectivity index (χ0v) is 6.96. The van der Waals surface area contributed by atoms with Gasteiger partial charge in [0, 0.05) is 12.2 Å². The van der Waals surface area contributed by atoms with Crippen molar-refractivity contribution in [2.24, 2.45) is 5.73 Å². The number of nitrogens with two attached hydrogens (primary N) is 1. The number of carbonyl (C=O) groups excluding carboxylic acids is 1. The molecule has 0 aliphatic rings. The van der Waals surface area contributed by atoms with Crippen LogP contribution in [0.25, 0.3) is 0 Å². The molecule has 1 amide bonds. The number of hydrogen-bond acceptors (Lipinski definition) is 2. The van der Waals surface area contributed by atoms with Gasteiger partial charge in [-0.15, -0.1) is 0 Å². The third-order valence-electron chi connectivity index (χ3n) is 1.72. The van der Waals surface area contributed by atoms with Crippen LogP contribution >= 0.6 is 0 Å². The largest absolute Gasteiger partial charge is 0.396 e. The number of aliphatic hydroxyl groups is 1. The van der Waals surface area contributed by atoms with Crippen LogP contribution in [0.1, 0.15) is 15.9 Å². The zero-order chi connectivity index (χ0) is 9.84. The maximum atomic E-state index is 13.1. The Bertz CT molecular complexity index is 325. The minimum atomic E-state index is -0.658. The fraction of sp³-hybridized carbons (Fsp3) is 0.222. The molecule has 0 heterocycles. The molecule has 0 atom stereocenters. The summed E-state index contributed by atoms with van der Waals surface area (Å²) < 4.78 is 13.1. The zero-order valence-electron chi connectivity index (χ0n) is 6.96. The lowest BCUT2D eigenvalue weighted by Crippen LogP contribution is -2.11. The second kappa shape index (κ2) is 4.00. The van der Waals surface area contributed by atoms with Gasteiger partial charge >= 0.3 is 0 Å². The molecule has 3 nitrogen and oxygen atoms in total. The van der Waals surface area contributed by atoms with Crippen LogP contribution in [0.4, 0.5) is 4.39 Å². The van der Waals surface area contributed by atoms with Crippen LogP contribution in [0.15, 0.2) is 18.2 Å². The van der Waals surface area contributed by atoms with Crippen LogP contribution < -0.4 is 5.73 Å². The lowest BCUT2D eigenvalue weighted by atomic mass is 10.1. The number of benzene rings is 1. The number of hydrogen-bond donors (Lipinski definition) is 2. The van der Waals surface area contributed by atoms with E-state index >= 15 is 0 Å². The van der Waals surface area contributed by atoms with Crippen LogP contribution in [0.3, 0.4) is 0 Å². The Labute approximate surface area is 75.0 Å². The number of primary amides is 1. The van der Waals surface area contributed by atoms with E-state index in [0.717, 1.165) is 6.07 Å². The molecule has 0 radical (unpaired) electrons. The summed E-state index contributed by atoms with van der Waals surface area (Å²) in [6, 6.07) is 3.97. The SMILES string of the molecule is NC(=O)c1ccc(CCO)c(F)c1. The van der Waals surface area contributed by atoms with E-state index in [1.807, 2.05) is 0 Å². The topological polar surface area (TPSA) is 63.3 Å². The quantitative estimate of drug-likeness (QED) is 0.715. The highest BCUT2D eigenvalue weighted by atomic mass is 19.1. The second-order valence-electron chi connectivity index (χ2n) is 2.64. The Balaban J connectivity index is 2.98. The standard InChI is InChI=1S/C9H10FNO2/c10-8-5-7(9(11)13)2-1-6(8)3-4-12/h1-2,5,12H,3-4H2,(H2,11,13). The van der Waals surface area contributed by atoms with Gasteiger partial charge in [-0.1, -0.05) is 6.07 Å². The van der Waals surface area contributed by atoms with Crippen LogP contribution in [-0.4, -0.2) is 17.6 Å². The monoisotopic (exact) mass is 183 g/mol. The van der Waals surface area contributed by atoms with Gasteiger partial charge in [0.25, 0.3) is 0 Å². The van der Waals surface area contributed by atoms with E-state index in [2.05, 4.69) is 0 Å². The van der Waals surface area contributed by atoms with Gasteiger partial charge in [-0.05, 0) is 24.1 Å². The fourth-order valence-electron chi connectivity index (χ4n) is 1.02. The predicted molar refractivity (Wildman–Crippen MR) is 45.7 cm³/mol. The van der Waals surface area contributed by atoms with Crippen molar-refractivity contribution >= 4 is 5.91 Å². The van der Waals surface area contributed by atoms with Gasteiger partial charge in [-0.3, -0.25) is 4.79 Å². The van der Waals surface area contributed by atoms with Crippen molar-refractivity contribution in [3.8, 4) is 0 Å². The number of aliphatic hydroxyl groups excluding tert-OH is 1. The summed E-state index contributed by atoms with van der Waals surface area (Å²) in [7, 11) is 0. The van der Waals surface area contributed by atoms with Crippen LogP contribution in [0, 0.1) is 5.82 Å². The summed E-state index contributed by atoms with van der Waals surface area (Å²) in [6.07, 6.45) is 0.241. The normalized spacial score (nSPS) is 10.0. The van der Waals surface area contributed by atoms with E-state index in [-0.39, 0.29) is 18.6 Å². The highest BCUT2D eigenvalue weighted by Crippen LogP contribution is 2.10. The summed E-state index contributed by atoms with van der Waals surface area (Å²) in [4.78, 5) is 10.6. The van der Waals surface area contributed by atoms with Crippen LogP contribution in [-0.2, 0) is 6.42 Å².